The second-order valence-corrected chi connectivity index (χ2v) is 4.21. The van der Waals surface area contributed by atoms with Gasteiger partial charge in [-0.05, 0) is 25.2 Å². The first-order valence-corrected chi connectivity index (χ1v) is 5.37. The number of hydrogen-bond acceptors (Lipinski definition) is 3. The van der Waals surface area contributed by atoms with E-state index >= 15 is 0 Å². The molecule has 0 fully saturated rings. The molecule has 0 heterocycles. The Morgan fingerprint density at radius 1 is 1.62 bits per heavy atom. The molecule has 6 heteroatoms. The van der Waals surface area contributed by atoms with Crippen molar-refractivity contribution < 1.29 is 14.3 Å². The van der Waals surface area contributed by atoms with Crippen LogP contribution in [0.5, 0.6) is 0 Å². The lowest BCUT2D eigenvalue weighted by atomic mass is 9.99. The lowest BCUT2D eigenvalue weighted by Gasteiger charge is -2.21. The second kappa shape index (κ2) is 5.38. The van der Waals surface area contributed by atoms with Gasteiger partial charge in [0.25, 0.3) is 0 Å². The smallest absolute Gasteiger partial charge is 0.322 e. The van der Waals surface area contributed by atoms with E-state index in [-0.39, 0.29) is 5.56 Å². The van der Waals surface area contributed by atoms with Gasteiger partial charge in [0, 0.05) is 10.0 Å². The Morgan fingerprint density at radius 2 is 2.25 bits per heavy atom. The Hall–Kier alpha value is -0.980. The number of benzene rings is 1. The molecule has 88 valence electrons. The summed E-state index contributed by atoms with van der Waals surface area (Å²) in [6.07, 6.45) is 0. The van der Waals surface area contributed by atoms with Crippen LogP contribution in [0.1, 0.15) is 11.6 Å². The van der Waals surface area contributed by atoms with Gasteiger partial charge in [-0.1, -0.05) is 15.9 Å². The highest BCUT2D eigenvalue weighted by atomic mass is 79.9. The summed E-state index contributed by atoms with van der Waals surface area (Å²) in [7, 11) is 1.54. The minimum absolute atomic E-state index is 0.228. The zero-order valence-electron chi connectivity index (χ0n) is 8.58. The highest BCUT2D eigenvalue weighted by molar-refractivity contribution is 9.10. The van der Waals surface area contributed by atoms with Gasteiger partial charge >= 0.3 is 5.97 Å². The molecule has 1 rings (SSSR count). The second-order valence-electron chi connectivity index (χ2n) is 3.30. The molecule has 0 amide bonds. The average Bonchev–Trinajstić information content (AvgIpc) is 2.23. The molecule has 2 atom stereocenters. The summed E-state index contributed by atoms with van der Waals surface area (Å²) in [6.45, 7) is 0. The fraction of sp³-hybridized carbons (Fsp3) is 0.300. The van der Waals surface area contributed by atoms with Crippen LogP contribution in [0.4, 0.5) is 4.39 Å². The Labute approximate surface area is 101 Å². The third-order valence-electron chi connectivity index (χ3n) is 2.25. The van der Waals surface area contributed by atoms with Crippen LogP contribution in [0.25, 0.3) is 0 Å². The average molecular weight is 291 g/mol. The summed E-state index contributed by atoms with van der Waals surface area (Å²) in [4.78, 5) is 10.8. The van der Waals surface area contributed by atoms with Crippen molar-refractivity contribution in [2.24, 2.45) is 5.73 Å². The number of nitrogens with one attached hydrogen (secondary N) is 1. The van der Waals surface area contributed by atoms with Gasteiger partial charge in [-0.2, -0.15) is 0 Å². The normalized spacial score (nSPS) is 14.5. The fourth-order valence-electron chi connectivity index (χ4n) is 1.42. The van der Waals surface area contributed by atoms with Gasteiger partial charge in [0.15, 0.2) is 0 Å². The number of halogens is 2. The van der Waals surface area contributed by atoms with E-state index in [1.807, 2.05) is 0 Å². The maximum absolute atomic E-state index is 13.5. The lowest BCUT2D eigenvalue weighted by molar-refractivity contribution is -0.139. The molecule has 0 radical (unpaired) electrons. The number of aliphatic carboxylic acids is 1. The molecular weight excluding hydrogens is 279 g/mol. The fourth-order valence-corrected chi connectivity index (χ4v) is 1.80. The molecule has 0 aliphatic rings. The molecule has 0 spiro atoms. The molecule has 0 aromatic heterocycles. The maximum atomic E-state index is 13.5. The molecule has 1 aromatic carbocycles. The maximum Gasteiger partial charge on any atom is 0.322 e. The van der Waals surface area contributed by atoms with Gasteiger partial charge < -0.3 is 16.2 Å². The van der Waals surface area contributed by atoms with E-state index in [0.29, 0.717) is 4.47 Å². The number of hydrogen-bond donors (Lipinski definition) is 3. The molecule has 0 saturated heterocycles. The number of nitrogens with two attached hydrogens (primary N) is 1. The van der Waals surface area contributed by atoms with Crippen LogP contribution < -0.4 is 11.1 Å². The SMILES string of the molecule is CNC(c1cc(Br)ccc1F)C(N)C(=O)O. The van der Waals surface area contributed by atoms with Crippen LogP contribution in [0.3, 0.4) is 0 Å². The summed E-state index contributed by atoms with van der Waals surface area (Å²) in [6, 6.07) is 2.35. The van der Waals surface area contributed by atoms with Crippen LogP contribution in [0.15, 0.2) is 22.7 Å². The predicted octanol–water partition coefficient (Wildman–Crippen LogP) is 1.26. The number of carbonyl (C=O) groups is 1. The summed E-state index contributed by atoms with van der Waals surface area (Å²) in [5.41, 5.74) is 5.71. The molecule has 0 saturated carbocycles. The number of carboxylic acid groups (broad SMARTS) is 1. The molecule has 16 heavy (non-hydrogen) atoms. The van der Waals surface area contributed by atoms with E-state index in [2.05, 4.69) is 21.2 Å². The molecule has 0 bridgehead atoms. The van der Waals surface area contributed by atoms with Crippen LogP contribution in [0.2, 0.25) is 0 Å². The molecule has 4 nitrogen and oxygen atoms in total. The zero-order valence-corrected chi connectivity index (χ0v) is 10.2. The minimum atomic E-state index is -1.20. The summed E-state index contributed by atoms with van der Waals surface area (Å²) in [5, 5.41) is 11.5. The molecule has 4 N–H and O–H groups in total. The van der Waals surface area contributed by atoms with Gasteiger partial charge in [0.2, 0.25) is 0 Å². The Balaban J connectivity index is 3.12. The van der Waals surface area contributed by atoms with Crippen molar-refractivity contribution in [3.63, 3.8) is 0 Å². The highest BCUT2D eigenvalue weighted by Gasteiger charge is 2.26. The lowest BCUT2D eigenvalue weighted by Crippen LogP contribution is -2.42. The molecular formula is C10H12BrFN2O2. The molecule has 1 aromatic rings. The first-order valence-electron chi connectivity index (χ1n) is 4.58. The quantitative estimate of drug-likeness (QED) is 0.780. The first-order chi connectivity index (χ1) is 7.47. The number of likely N-dealkylation sites (N-methyl/N-ethyl adjacent to an activating group) is 1. The van der Waals surface area contributed by atoms with Crippen molar-refractivity contribution in [3.8, 4) is 0 Å². The topological polar surface area (TPSA) is 75.3 Å². The largest absolute Gasteiger partial charge is 0.480 e. The Kier molecular flexibility index (Phi) is 4.40. The summed E-state index contributed by atoms with van der Waals surface area (Å²) in [5.74, 6) is -1.67. The first kappa shape index (κ1) is 13.1. The van der Waals surface area contributed by atoms with Crippen molar-refractivity contribution >= 4 is 21.9 Å². The monoisotopic (exact) mass is 290 g/mol. The Morgan fingerprint density at radius 3 is 2.75 bits per heavy atom. The highest BCUT2D eigenvalue weighted by Crippen LogP contribution is 2.23. The van der Waals surface area contributed by atoms with Crippen molar-refractivity contribution in [1.82, 2.24) is 5.32 Å². The van der Waals surface area contributed by atoms with Crippen molar-refractivity contribution in [1.29, 1.82) is 0 Å². The van der Waals surface area contributed by atoms with E-state index in [0.717, 1.165) is 0 Å². The van der Waals surface area contributed by atoms with Gasteiger partial charge in [0.1, 0.15) is 11.9 Å². The molecule has 2 unspecified atom stereocenters. The third kappa shape index (κ3) is 2.78. The van der Waals surface area contributed by atoms with Gasteiger partial charge in [-0.3, -0.25) is 4.79 Å². The van der Waals surface area contributed by atoms with Crippen LogP contribution in [0, 0.1) is 5.82 Å². The minimum Gasteiger partial charge on any atom is -0.480 e. The molecule has 0 aliphatic heterocycles. The van der Waals surface area contributed by atoms with Crippen LogP contribution >= 0.6 is 15.9 Å². The molecule has 0 aliphatic carbocycles. The van der Waals surface area contributed by atoms with E-state index in [4.69, 9.17) is 10.8 Å². The van der Waals surface area contributed by atoms with E-state index < -0.39 is 23.9 Å². The van der Waals surface area contributed by atoms with Gasteiger partial charge in [0.05, 0.1) is 6.04 Å². The zero-order chi connectivity index (χ0) is 12.3. The van der Waals surface area contributed by atoms with Gasteiger partial charge in [-0.25, -0.2) is 4.39 Å². The van der Waals surface area contributed by atoms with E-state index in [9.17, 15) is 9.18 Å². The summed E-state index contributed by atoms with van der Waals surface area (Å²) >= 11 is 3.20. The predicted molar refractivity (Wildman–Crippen MR) is 61.5 cm³/mol. The number of carboxylic acids is 1. The standard InChI is InChI=1S/C10H12BrFN2O2/c1-14-9(8(13)10(15)16)6-4-5(11)2-3-7(6)12/h2-4,8-9,14H,13H2,1H3,(H,15,16). The Bertz CT molecular complexity index is 400. The number of rotatable bonds is 4. The third-order valence-corrected chi connectivity index (χ3v) is 2.74. The van der Waals surface area contributed by atoms with E-state index in [1.165, 1.54) is 25.2 Å². The summed E-state index contributed by atoms with van der Waals surface area (Å²) < 4.78 is 14.2. The van der Waals surface area contributed by atoms with Crippen molar-refractivity contribution in [3.05, 3.63) is 34.1 Å². The van der Waals surface area contributed by atoms with E-state index in [1.54, 1.807) is 0 Å². The van der Waals surface area contributed by atoms with Crippen molar-refractivity contribution in [2.75, 3.05) is 7.05 Å². The van der Waals surface area contributed by atoms with Crippen LogP contribution in [-0.2, 0) is 4.79 Å². The van der Waals surface area contributed by atoms with Gasteiger partial charge in [-0.15, -0.1) is 0 Å². The van der Waals surface area contributed by atoms with Crippen molar-refractivity contribution in [2.45, 2.75) is 12.1 Å². The van der Waals surface area contributed by atoms with Crippen LogP contribution in [-0.4, -0.2) is 24.2 Å².